The molecule has 0 aliphatic carbocycles. The molecule has 3 atom stereocenters. The van der Waals surface area contributed by atoms with E-state index in [-0.39, 0.29) is 12.3 Å². The molecule has 0 spiro atoms. The second-order valence-electron chi connectivity index (χ2n) is 10.1. The highest BCUT2D eigenvalue weighted by Crippen LogP contribution is 2.38. The van der Waals surface area contributed by atoms with Crippen molar-refractivity contribution in [2.45, 2.75) is 76.7 Å². The number of nitrogens with one attached hydrogen (secondary N) is 1. The van der Waals surface area contributed by atoms with E-state index in [1.54, 1.807) is 7.05 Å². The summed E-state index contributed by atoms with van der Waals surface area (Å²) in [6, 6.07) is 14.2. The van der Waals surface area contributed by atoms with E-state index >= 15 is 0 Å². The smallest absolute Gasteiger partial charge is 0.336 e. The van der Waals surface area contributed by atoms with Gasteiger partial charge in [0.1, 0.15) is 11.9 Å². The van der Waals surface area contributed by atoms with Gasteiger partial charge in [-0.2, -0.15) is 0 Å². The molecule has 3 rings (SSSR count). The van der Waals surface area contributed by atoms with Crippen LogP contribution in [0.5, 0.6) is 5.75 Å². The van der Waals surface area contributed by atoms with E-state index in [4.69, 9.17) is 14.6 Å². The van der Waals surface area contributed by atoms with Gasteiger partial charge in [0.2, 0.25) is 0 Å². The van der Waals surface area contributed by atoms with Crippen molar-refractivity contribution in [1.82, 2.24) is 5.32 Å². The molecule has 0 aliphatic heterocycles. The number of fused-ring (bicyclic) bond motifs is 1. The zero-order valence-electron chi connectivity index (χ0n) is 23.2. The quantitative estimate of drug-likeness (QED) is 0.142. The van der Waals surface area contributed by atoms with Crippen molar-refractivity contribution >= 4 is 40.0 Å². The van der Waals surface area contributed by atoms with Gasteiger partial charge in [0.15, 0.2) is 11.8 Å². The summed E-state index contributed by atoms with van der Waals surface area (Å²) in [6.07, 6.45) is -1.38. The number of esters is 1. The van der Waals surface area contributed by atoms with Gasteiger partial charge in [0, 0.05) is 16.7 Å². The largest absolute Gasteiger partial charge is 0.484 e. The minimum Gasteiger partial charge on any atom is -0.484 e. The van der Waals surface area contributed by atoms with Crippen LogP contribution in [-0.4, -0.2) is 52.1 Å². The Hall–Kier alpha value is -3.47. The van der Waals surface area contributed by atoms with Crippen molar-refractivity contribution in [3.63, 3.8) is 0 Å². The molecule has 0 saturated carbocycles. The molecule has 4 N–H and O–H groups in total. The van der Waals surface area contributed by atoms with Crippen molar-refractivity contribution in [2.75, 3.05) is 7.05 Å². The van der Waals surface area contributed by atoms with Crippen LogP contribution < -0.4 is 10.1 Å². The number of benzene rings is 2. The van der Waals surface area contributed by atoms with Gasteiger partial charge in [0.25, 0.3) is 0 Å². The van der Waals surface area contributed by atoms with Crippen LogP contribution in [0.3, 0.4) is 0 Å². The van der Waals surface area contributed by atoms with Crippen LogP contribution in [0.2, 0.25) is 0 Å². The van der Waals surface area contributed by atoms with Crippen LogP contribution in [-0.2, 0) is 25.5 Å². The fourth-order valence-corrected chi connectivity index (χ4v) is 5.70. The molecule has 0 aliphatic rings. The molecular weight excluding hydrogens is 534 g/mol. The first-order valence-electron chi connectivity index (χ1n) is 13.3. The first kappa shape index (κ1) is 31.1. The molecule has 0 fully saturated rings. The van der Waals surface area contributed by atoms with Crippen molar-refractivity contribution in [2.24, 2.45) is 0 Å². The Kier molecular flexibility index (Phi) is 10.7. The number of hydrogen-bond donors (Lipinski definition) is 4. The average molecular weight is 572 g/mol. The van der Waals surface area contributed by atoms with Gasteiger partial charge < -0.3 is 24.8 Å². The second kappa shape index (κ2) is 13.7. The predicted octanol–water partition coefficient (Wildman–Crippen LogP) is 5.26. The number of carbonyl (C=O) groups excluding carboxylic acids is 1. The number of rotatable bonds is 15. The van der Waals surface area contributed by atoms with Gasteiger partial charge in [-0.05, 0) is 53.4 Å². The number of carbonyl (C=O) groups is 3. The van der Waals surface area contributed by atoms with E-state index in [0.717, 1.165) is 34.1 Å². The maximum absolute atomic E-state index is 12.7. The third-order valence-corrected chi connectivity index (χ3v) is 7.68. The normalized spacial score (nSPS) is 14.4. The third kappa shape index (κ3) is 7.80. The SMILES string of the molecule is CCCc1ccc2c(OC(CC(NC)OC(=O)CC(O)(CC(=O)O)C(=O)O)c3sccc3C(C)C)cccc2c1. The molecule has 0 bridgehead atoms. The molecule has 216 valence electrons. The number of thiophene rings is 1. The Morgan fingerprint density at radius 3 is 2.45 bits per heavy atom. The van der Waals surface area contributed by atoms with Crippen LogP contribution in [0.1, 0.15) is 74.5 Å². The van der Waals surface area contributed by atoms with Gasteiger partial charge >= 0.3 is 17.9 Å². The first-order chi connectivity index (χ1) is 19.0. The lowest BCUT2D eigenvalue weighted by atomic mass is 9.96. The van der Waals surface area contributed by atoms with Crippen LogP contribution in [0, 0.1) is 0 Å². The number of aliphatic hydroxyl groups is 1. The van der Waals surface area contributed by atoms with E-state index in [1.165, 1.54) is 16.9 Å². The summed E-state index contributed by atoms with van der Waals surface area (Å²) in [7, 11) is 1.58. The Morgan fingerprint density at radius 2 is 1.82 bits per heavy atom. The van der Waals surface area contributed by atoms with Gasteiger partial charge in [-0.1, -0.05) is 57.5 Å². The standard InChI is InChI=1S/C30H37NO8S/c1-5-7-19-10-11-22-20(14-19)8-6-9-23(22)38-24(28-21(18(2)3)12-13-40-28)15-25(31-4)39-27(34)17-30(37,29(35)36)16-26(32)33/h6,8-14,18,24-25,31,37H,5,7,15-17H2,1-4H3,(H,32,33)(H,35,36). The zero-order valence-corrected chi connectivity index (χ0v) is 24.0. The first-order valence-corrected chi connectivity index (χ1v) is 14.1. The maximum Gasteiger partial charge on any atom is 0.336 e. The number of ether oxygens (including phenoxy) is 2. The van der Waals surface area contributed by atoms with Crippen LogP contribution in [0.25, 0.3) is 10.8 Å². The summed E-state index contributed by atoms with van der Waals surface area (Å²) in [5, 5.41) is 35.5. The number of aliphatic carboxylic acids is 2. The highest BCUT2D eigenvalue weighted by atomic mass is 32.1. The number of hydrogen-bond acceptors (Lipinski definition) is 8. The number of carboxylic acids is 2. The minimum atomic E-state index is -2.78. The summed E-state index contributed by atoms with van der Waals surface area (Å²) >= 11 is 1.54. The lowest BCUT2D eigenvalue weighted by Gasteiger charge is -2.27. The Labute approximate surface area is 237 Å². The Morgan fingerprint density at radius 1 is 1.07 bits per heavy atom. The molecule has 10 heteroatoms. The molecular formula is C30H37NO8S. The summed E-state index contributed by atoms with van der Waals surface area (Å²) in [5.41, 5.74) is -0.436. The maximum atomic E-state index is 12.7. The lowest BCUT2D eigenvalue weighted by molar-refractivity contribution is -0.174. The van der Waals surface area contributed by atoms with E-state index in [9.17, 15) is 24.6 Å². The molecule has 0 saturated heterocycles. The highest BCUT2D eigenvalue weighted by molar-refractivity contribution is 7.10. The van der Waals surface area contributed by atoms with Crippen molar-refractivity contribution < 1.29 is 39.2 Å². The molecule has 3 unspecified atom stereocenters. The number of carboxylic acid groups (broad SMARTS) is 2. The van der Waals surface area contributed by atoms with Crippen LogP contribution >= 0.6 is 11.3 Å². The van der Waals surface area contributed by atoms with Gasteiger partial charge in [-0.15, -0.1) is 11.3 Å². The topological polar surface area (TPSA) is 142 Å². The summed E-state index contributed by atoms with van der Waals surface area (Å²) < 4.78 is 12.1. The summed E-state index contributed by atoms with van der Waals surface area (Å²) in [4.78, 5) is 36.2. The fraction of sp³-hybridized carbons (Fsp3) is 0.433. The second-order valence-corrected chi connectivity index (χ2v) is 11.1. The zero-order chi connectivity index (χ0) is 29.4. The molecule has 0 amide bonds. The molecule has 40 heavy (non-hydrogen) atoms. The van der Waals surface area contributed by atoms with Gasteiger partial charge in [-0.25, -0.2) is 4.79 Å². The molecule has 0 radical (unpaired) electrons. The summed E-state index contributed by atoms with van der Waals surface area (Å²) in [5.74, 6) is -3.52. The summed E-state index contributed by atoms with van der Waals surface area (Å²) in [6.45, 7) is 6.31. The number of aryl methyl sites for hydroxylation is 1. The predicted molar refractivity (Wildman–Crippen MR) is 153 cm³/mol. The minimum absolute atomic E-state index is 0.178. The monoisotopic (exact) mass is 571 g/mol. The van der Waals surface area contributed by atoms with Gasteiger partial charge in [-0.3, -0.25) is 14.9 Å². The Balaban J connectivity index is 1.90. The van der Waals surface area contributed by atoms with Gasteiger partial charge in [0.05, 0.1) is 12.8 Å². The van der Waals surface area contributed by atoms with E-state index < -0.39 is 48.7 Å². The van der Waals surface area contributed by atoms with Crippen LogP contribution in [0.4, 0.5) is 0 Å². The van der Waals surface area contributed by atoms with Crippen molar-refractivity contribution in [3.8, 4) is 5.75 Å². The van der Waals surface area contributed by atoms with E-state index in [2.05, 4.69) is 44.3 Å². The highest BCUT2D eigenvalue weighted by Gasteiger charge is 2.42. The van der Waals surface area contributed by atoms with E-state index in [0.29, 0.717) is 5.75 Å². The molecule has 1 heterocycles. The molecule has 2 aromatic carbocycles. The average Bonchev–Trinajstić information content (AvgIpc) is 3.38. The van der Waals surface area contributed by atoms with Crippen molar-refractivity contribution in [1.29, 1.82) is 0 Å². The lowest BCUT2D eigenvalue weighted by Crippen LogP contribution is -2.44. The fourth-order valence-electron chi connectivity index (χ4n) is 4.60. The van der Waals surface area contributed by atoms with Crippen LogP contribution in [0.15, 0.2) is 47.8 Å². The van der Waals surface area contributed by atoms with Crippen molar-refractivity contribution in [3.05, 3.63) is 63.8 Å². The Bertz CT molecular complexity index is 1340. The molecule has 3 aromatic rings. The molecule has 9 nitrogen and oxygen atoms in total. The molecule has 1 aromatic heterocycles. The third-order valence-electron chi connectivity index (χ3n) is 6.66. The van der Waals surface area contributed by atoms with E-state index in [1.807, 2.05) is 29.6 Å².